The number of hydrogen-bond acceptors (Lipinski definition) is 6. The summed E-state index contributed by atoms with van der Waals surface area (Å²) in [5.74, 6) is 2.69. The van der Waals surface area contributed by atoms with Crippen LogP contribution in [0.5, 0.6) is 0 Å². The highest BCUT2D eigenvalue weighted by Gasteiger charge is 2.22. The molecule has 0 amide bonds. The zero-order valence-electron chi connectivity index (χ0n) is 13.8. The zero-order chi connectivity index (χ0) is 16.9. The Morgan fingerprint density at radius 1 is 1.42 bits per heavy atom. The Morgan fingerprint density at radius 3 is 2.92 bits per heavy atom. The van der Waals surface area contributed by atoms with E-state index < -0.39 is 0 Å². The van der Waals surface area contributed by atoms with Crippen LogP contribution in [0.2, 0.25) is 0 Å². The number of allylic oxidation sites excluding steroid dienone is 1. The standard InChI is InChI=1S/C16H22N6OS/c1-3-8-22-15(12-4-6-17-7-5-12)20-21-16(22)24-10-13-9-14(23)19-11(2)18-13/h3,9,12,17H,1,4-8,10H2,2H3,(H,18,19,23). The number of aromatic amines is 1. The lowest BCUT2D eigenvalue weighted by molar-refractivity contribution is 0.431. The van der Waals surface area contributed by atoms with Crippen LogP contribution in [0.3, 0.4) is 0 Å². The normalized spacial score (nSPS) is 15.5. The summed E-state index contributed by atoms with van der Waals surface area (Å²) in [4.78, 5) is 18.6. The van der Waals surface area contributed by atoms with Gasteiger partial charge in [-0.05, 0) is 32.9 Å². The molecule has 24 heavy (non-hydrogen) atoms. The molecule has 0 radical (unpaired) electrons. The minimum absolute atomic E-state index is 0.124. The summed E-state index contributed by atoms with van der Waals surface area (Å²) in [6, 6.07) is 1.53. The molecule has 128 valence electrons. The summed E-state index contributed by atoms with van der Waals surface area (Å²) in [7, 11) is 0. The maximum Gasteiger partial charge on any atom is 0.251 e. The van der Waals surface area contributed by atoms with Gasteiger partial charge in [0.05, 0.1) is 5.69 Å². The Balaban J connectivity index is 1.78. The van der Waals surface area contributed by atoms with Crippen molar-refractivity contribution < 1.29 is 0 Å². The van der Waals surface area contributed by atoms with E-state index in [-0.39, 0.29) is 5.56 Å². The number of aromatic nitrogens is 5. The van der Waals surface area contributed by atoms with Crippen molar-refractivity contribution in [2.75, 3.05) is 13.1 Å². The van der Waals surface area contributed by atoms with Crippen molar-refractivity contribution in [2.45, 2.75) is 43.1 Å². The molecule has 3 heterocycles. The first kappa shape index (κ1) is 16.9. The number of aryl methyl sites for hydroxylation is 1. The van der Waals surface area contributed by atoms with Gasteiger partial charge in [0.15, 0.2) is 5.16 Å². The number of piperidine rings is 1. The fraction of sp³-hybridized carbons (Fsp3) is 0.500. The van der Waals surface area contributed by atoms with Crippen LogP contribution < -0.4 is 10.9 Å². The van der Waals surface area contributed by atoms with Gasteiger partial charge in [0.25, 0.3) is 5.56 Å². The van der Waals surface area contributed by atoms with E-state index in [9.17, 15) is 4.79 Å². The van der Waals surface area contributed by atoms with Crippen LogP contribution in [0.25, 0.3) is 0 Å². The predicted octanol–water partition coefficient (Wildman–Crippen LogP) is 1.62. The second-order valence-corrected chi connectivity index (χ2v) is 6.82. The average Bonchev–Trinajstić information content (AvgIpc) is 2.96. The zero-order valence-corrected chi connectivity index (χ0v) is 14.6. The fourth-order valence-corrected chi connectivity index (χ4v) is 3.79. The van der Waals surface area contributed by atoms with E-state index in [1.807, 2.05) is 6.08 Å². The summed E-state index contributed by atoms with van der Waals surface area (Å²) >= 11 is 1.55. The highest BCUT2D eigenvalue weighted by molar-refractivity contribution is 7.98. The molecule has 2 aromatic rings. The number of nitrogens with zero attached hydrogens (tertiary/aromatic N) is 4. The second-order valence-electron chi connectivity index (χ2n) is 5.88. The van der Waals surface area contributed by atoms with Crippen LogP contribution in [0.1, 0.15) is 36.1 Å². The maximum atomic E-state index is 11.5. The molecule has 1 saturated heterocycles. The lowest BCUT2D eigenvalue weighted by Gasteiger charge is -2.22. The first-order valence-corrected chi connectivity index (χ1v) is 9.10. The molecular weight excluding hydrogens is 324 g/mol. The van der Waals surface area contributed by atoms with Crippen molar-refractivity contribution in [1.82, 2.24) is 30.0 Å². The number of nitrogens with one attached hydrogen (secondary N) is 2. The third kappa shape index (κ3) is 3.93. The fourth-order valence-electron chi connectivity index (χ4n) is 2.94. The highest BCUT2D eigenvalue weighted by atomic mass is 32.2. The molecule has 0 saturated carbocycles. The van der Waals surface area contributed by atoms with Gasteiger partial charge in [0.2, 0.25) is 0 Å². The summed E-state index contributed by atoms with van der Waals surface area (Å²) < 4.78 is 2.13. The summed E-state index contributed by atoms with van der Waals surface area (Å²) in [5.41, 5.74) is 0.624. The van der Waals surface area contributed by atoms with Crippen LogP contribution in [0.4, 0.5) is 0 Å². The number of hydrogen-bond donors (Lipinski definition) is 2. The van der Waals surface area contributed by atoms with Crippen molar-refractivity contribution in [3.63, 3.8) is 0 Å². The predicted molar refractivity (Wildman–Crippen MR) is 94.2 cm³/mol. The number of thioether (sulfide) groups is 1. The molecule has 0 bridgehead atoms. The van der Waals surface area contributed by atoms with Crippen molar-refractivity contribution >= 4 is 11.8 Å². The van der Waals surface area contributed by atoms with Gasteiger partial charge < -0.3 is 14.9 Å². The van der Waals surface area contributed by atoms with E-state index in [2.05, 4.69) is 36.6 Å². The molecular formula is C16H22N6OS. The molecule has 0 atom stereocenters. The summed E-state index contributed by atoms with van der Waals surface area (Å²) in [6.07, 6.45) is 4.02. The monoisotopic (exact) mass is 346 g/mol. The molecule has 7 nitrogen and oxygen atoms in total. The molecule has 0 unspecified atom stereocenters. The van der Waals surface area contributed by atoms with Crippen LogP contribution >= 0.6 is 11.8 Å². The van der Waals surface area contributed by atoms with E-state index in [1.54, 1.807) is 18.7 Å². The van der Waals surface area contributed by atoms with Gasteiger partial charge in [0, 0.05) is 24.3 Å². The molecule has 0 spiro atoms. The van der Waals surface area contributed by atoms with Crippen molar-refractivity contribution in [1.29, 1.82) is 0 Å². The Bertz CT molecular complexity index is 762. The smallest absolute Gasteiger partial charge is 0.251 e. The van der Waals surface area contributed by atoms with Crippen LogP contribution in [-0.2, 0) is 12.3 Å². The minimum atomic E-state index is -0.124. The van der Waals surface area contributed by atoms with Gasteiger partial charge in [-0.2, -0.15) is 0 Å². The topological polar surface area (TPSA) is 88.5 Å². The average molecular weight is 346 g/mol. The number of rotatable bonds is 6. The molecule has 2 aromatic heterocycles. The van der Waals surface area contributed by atoms with Crippen molar-refractivity contribution in [2.24, 2.45) is 0 Å². The second kappa shape index (κ2) is 7.76. The first-order valence-electron chi connectivity index (χ1n) is 8.11. The summed E-state index contributed by atoms with van der Waals surface area (Å²) in [5, 5.41) is 13.0. The minimum Gasteiger partial charge on any atom is -0.317 e. The lowest BCUT2D eigenvalue weighted by atomic mass is 9.97. The van der Waals surface area contributed by atoms with Crippen LogP contribution in [0, 0.1) is 6.92 Å². The van der Waals surface area contributed by atoms with Crippen LogP contribution in [0.15, 0.2) is 28.7 Å². The Hall–Kier alpha value is -1.93. The Morgan fingerprint density at radius 2 is 2.21 bits per heavy atom. The van der Waals surface area contributed by atoms with Gasteiger partial charge in [-0.3, -0.25) is 4.79 Å². The molecule has 1 fully saturated rings. The first-order chi connectivity index (χ1) is 11.7. The van der Waals surface area contributed by atoms with Gasteiger partial charge in [0.1, 0.15) is 11.6 Å². The molecule has 1 aliphatic rings. The molecule has 8 heteroatoms. The quantitative estimate of drug-likeness (QED) is 0.610. The van der Waals surface area contributed by atoms with Crippen molar-refractivity contribution in [3.8, 4) is 0 Å². The Kier molecular flexibility index (Phi) is 5.47. The van der Waals surface area contributed by atoms with E-state index in [0.717, 1.165) is 42.6 Å². The lowest BCUT2D eigenvalue weighted by Crippen LogP contribution is -2.28. The molecule has 0 aromatic carbocycles. The van der Waals surface area contributed by atoms with Crippen molar-refractivity contribution in [3.05, 3.63) is 46.4 Å². The number of H-pyrrole nitrogens is 1. The summed E-state index contributed by atoms with van der Waals surface area (Å²) in [6.45, 7) is 8.36. The third-order valence-electron chi connectivity index (χ3n) is 4.02. The molecule has 3 rings (SSSR count). The van der Waals surface area contributed by atoms with E-state index >= 15 is 0 Å². The van der Waals surface area contributed by atoms with Gasteiger partial charge in [-0.15, -0.1) is 16.8 Å². The molecule has 2 N–H and O–H groups in total. The molecule has 1 aliphatic heterocycles. The Labute approximate surface area is 145 Å². The molecule has 0 aliphatic carbocycles. The van der Waals surface area contributed by atoms with Crippen LogP contribution in [-0.4, -0.2) is 37.8 Å². The highest BCUT2D eigenvalue weighted by Crippen LogP contribution is 2.28. The van der Waals surface area contributed by atoms with Gasteiger partial charge in [-0.1, -0.05) is 17.8 Å². The third-order valence-corrected chi connectivity index (χ3v) is 5.02. The largest absolute Gasteiger partial charge is 0.317 e. The van der Waals surface area contributed by atoms with E-state index in [1.165, 1.54) is 6.07 Å². The van der Waals surface area contributed by atoms with E-state index in [4.69, 9.17) is 0 Å². The maximum absolute atomic E-state index is 11.5. The van der Waals surface area contributed by atoms with E-state index in [0.29, 0.717) is 24.0 Å². The van der Waals surface area contributed by atoms with Gasteiger partial charge in [-0.25, -0.2) is 4.98 Å². The SMILES string of the molecule is C=CCn1c(SCc2cc(=O)[nH]c(C)n2)nnc1C1CCNCC1. The van der Waals surface area contributed by atoms with Gasteiger partial charge >= 0.3 is 0 Å².